The van der Waals surface area contributed by atoms with Gasteiger partial charge in [-0.25, -0.2) is 9.97 Å². The Morgan fingerprint density at radius 1 is 1.29 bits per heavy atom. The predicted molar refractivity (Wildman–Crippen MR) is 126 cm³/mol. The van der Waals surface area contributed by atoms with Crippen LogP contribution in [0.1, 0.15) is 25.3 Å². The Bertz CT molecular complexity index is 1110. The number of nitrogen functional groups attached to an aromatic ring is 1. The molecule has 0 aliphatic carbocycles. The maximum absolute atomic E-state index is 6.62. The summed E-state index contributed by atoms with van der Waals surface area (Å²) in [5.41, 5.74) is 11.7. The van der Waals surface area contributed by atoms with Gasteiger partial charge < -0.3 is 5.73 Å². The summed E-state index contributed by atoms with van der Waals surface area (Å²) in [5.74, 6) is 1.08. The molecule has 0 aliphatic heterocycles. The number of anilines is 1. The maximum atomic E-state index is 6.62. The fourth-order valence-electron chi connectivity index (χ4n) is 3.04. The molecule has 0 fully saturated rings. The van der Waals surface area contributed by atoms with E-state index in [0.717, 1.165) is 53.3 Å². The topological polar surface area (TPSA) is 51.8 Å². The van der Waals surface area contributed by atoms with E-state index in [2.05, 4.69) is 48.8 Å². The van der Waals surface area contributed by atoms with Crippen molar-refractivity contribution in [1.82, 2.24) is 9.97 Å². The first-order chi connectivity index (χ1) is 13.7. The van der Waals surface area contributed by atoms with E-state index in [1.54, 1.807) is 22.7 Å². The first-order valence-electron chi connectivity index (χ1n) is 9.19. The van der Waals surface area contributed by atoms with Crippen LogP contribution in [0, 0.1) is 0 Å². The Morgan fingerprint density at radius 3 is 2.93 bits per heavy atom. The van der Waals surface area contributed by atoms with Crippen molar-refractivity contribution in [1.29, 1.82) is 0 Å². The first-order valence-corrected chi connectivity index (χ1v) is 11.9. The minimum atomic E-state index is 0.846. The molecule has 4 aromatic rings. The van der Waals surface area contributed by atoms with Gasteiger partial charge in [-0.15, -0.1) is 34.4 Å². The Kier molecular flexibility index (Phi) is 5.80. The van der Waals surface area contributed by atoms with Crippen molar-refractivity contribution >= 4 is 56.4 Å². The summed E-state index contributed by atoms with van der Waals surface area (Å²) in [4.78, 5) is 10.3. The molecule has 3 aromatic heterocycles. The number of nitrogens with zero attached hydrogens (tertiary/aromatic N) is 2. The van der Waals surface area contributed by atoms with Gasteiger partial charge in [0.2, 0.25) is 0 Å². The number of rotatable bonds is 7. The zero-order valence-electron chi connectivity index (χ0n) is 15.6. The zero-order valence-corrected chi connectivity index (χ0v) is 18.1. The summed E-state index contributed by atoms with van der Waals surface area (Å²) < 4.78 is 1.16. The standard InChI is InChI=1S/C22H21N3S3/c1-3-5-10-27-22-19(23)18-16(15-8-6-7-14(4-2)12-15)13-17(25-21(18)28-22)20-24-9-11-26-20/h4,6-9,11-13H,2-3,5,10,23H2,1H3. The highest BCUT2D eigenvalue weighted by atomic mass is 32.2. The van der Waals surface area contributed by atoms with E-state index < -0.39 is 0 Å². The minimum Gasteiger partial charge on any atom is -0.397 e. The van der Waals surface area contributed by atoms with Crippen molar-refractivity contribution in [2.24, 2.45) is 0 Å². The summed E-state index contributed by atoms with van der Waals surface area (Å²) in [5, 5.41) is 3.95. The molecule has 142 valence electrons. The SMILES string of the molecule is C=Cc1cccc(-c2cc(-c3nccs3)nc3sc(SCCCC)c(N)c23)c1. The highest BCUT2D eigenvalue weighted by Gasteiger charge is 2.18. The van der Waals surface area contributed by atoms with Crippen LogP contribution in [-0.4, -0.2) is 15.7 Å². The minimum absolute atomic E-state index is 0.846. The van der Waals surface area contributed by atoms with Gasteiger partial charge in [-0.1, -0.05) is 44.2 Å². The highest BCUT2D eigenvalue weighted by Crippen LogP contribution is 2.45. The molecular formula is C22H21N3S3. The molecule has 0 unspecified atom stereocenters. The summed E-state index contributed by atoms with van der Waals surface area (Å²) in [7, 11) is 0. The van der Waals surface area contributed by atoms with Crippen molar-refractivity contribution < 1.29 is 0 Å². The maximum Gasteiger partial charge on any atom is 0.141 e. The lowest BCUT2D eigenvalue weighted by atomic mass is 10.00. The average molecular weight is 424 g/mol. The van der Waals surface area contributed by atoms with Crippen molar-refractivity contribution in [2.45, 2.75) is 24.0 Å². The van der Waals surface area contributed by atoms with Gasteiger partial charge in [0.1, 0.15) is 15.5 Å². The number of aromatic nitrogens is 2. The molecule has 0 aliphatic rings. The number of nitrogens with two attached hydrogens (primary N) is 1. The number of unbranched alkanes of at least 4 members (excludes halogenated alkanes) is 1. The Morgan fingerprint density at radius 2 is 2.18 bits per heavy atom. The lowest BCUT2D eigenvalue weighted by Crippen LogP contribution is -1.91. The summed E-state index contributed by atoms with van der Waals surface area (Å²) in [6.45, 7) is 6.11. The molecule has 3 nitrogen and oxygen atoms in total. The van der Waals surface area contributed by atoms with Gasteiger partial charge in [-0.3, -0.25) is 0 Å². The van der Waals surface area contributed by atoms with Crippen LogP contribution in [0.15, 0.2) is 52.7 Å². The predicted octanol–water partition coefficient (Wildman–Crippen LogP) is 7.20. The number of fused-ring (bicyclic) bond motifs is 1. The number of thiazole rings is 1. The molecule has 0 radical (unpaired) electrons. The van der Waals surface area contributed by atoms with Crippen LogP contribution in [0.4, 0.5) is 5.69 Å². The highest BCUT2D eigenvalue weighted by molar-refractivity contribution is 8.01. The molecule has 0 spiro atoms. The van der Waals surface area contributed by atoms with E-state index in [1.807, 2.05) is 29.4 Å². The molecule has 1 aromatic carbocycles. The number of thiophene rings is 1. The zero-order chi connectivity index (χ0) is 19.5. The van der Waals surface area contributed by atoms with E-state index in [4.69, 9.17) is 10.7 Å². The summed E-state index contributed by atoms with van der Waals surface area (Å²) in [6.07, 6.45) is 6.06. The van der Waals surface area contributed by atoms with E-state index >= 15 is 0 Å². The quantitative estimate of drug-likeness (QED) is 0.252. The largest absolute Gasteiger partial charge is 0.397 e. The smallest absolute Gasteiger partial charge is 0.141 e. The molecule has 0 bridgehead atoms. The van der Waals surface area contributed by atoms with Crippen molar-refractivity contribution in [2.75, 3.05) is 11.5 Å². The third-order valence-electron chi connectivity index (χ3n) is 4.48. The molecular weight excluding hydrogens is 402 g/mol. The van der Waals surface area contributed by atoms with Crippen LogP contribution in [0.5, 0.6) is 0 Å². The van der Waals surface area contributed by atoms with Crippen LogP contribution >= 0.6 is 34.4 Å². The van der Waals surface area contributed by atoms with Gasteiger partial charge in [0.15, 0.2) is 0 Å². The molecule has 0 atom stereocenters. The van der Waals surface area contributed by atoms with Crippen molar-refractivity contribution in [3.63, 3.8) is 0 Å². The van der Waals surface area contributed by atoms with E-state index in [9.17, 15) is 0 Å². The normalized spacial score (nSPS) is 11.2. The molecule has 4 rings (SSSR count). The molecule has 6 heteroatoms. The van der Waals surface area contributed by atoms with Gasteiger partial charge in [0.25, 0.3) is 0 Å². The Balaban J connectivity index is 1.92. The fourth-order valence-corrected chi connectivity index (χ4v) is 6.09. The van der Waals surface area contributed by atoms with Crippen molar-refractivity contribution in [3.8, 4) is 21.8 Å². The first kappa shape index (κ1) is 19.2. The summed E-state index contributed by atoms with van der Waals surface area (Å²) in [6, 6.07) is 10.5. The third-order valence-corrected chi connectivity index (χ3v) is 7.75. The van der Waals surface area contributed by atoms with Crippen LogP contribution < -0.4 is 5.73 Å². The number of hydrogen-bond donors (Lipinski definition) is 1. The monoisotopic (exact) mass is 423 g/mol. The van der Waals surface area contributed by atoms with Crippen LogP contribution in [-0.2, 0) is 0 Å². The van der Waals surface area contributed by atoms with Gasteiger partial charge in [-0.2, -0.15) is 0 Å². The van der Waals surface area contributed by atoms with E-state index in [-0.39, 0.29) is 0 Å². The van der Waals surface area contributed by atoms with Gasteiger partial charge in [0.05, 0.1) is 9.90 Å². The van der Waals surface area contributed by atoms with E-state index in [0.29, 0.717) is 0 Å². The Labute approximate surface area is 177 Å². The molecule has 0 saturated carbocycles. The number of thioether (sulfide) groups is 1. The molecule has 28 heavy (non-hydrogen) atoms. The lowest BCUT2D eigenvalue weighted by molar-refractivity contribution is 0.897. The van der Waals surface area contributed by atoms with Crippen LogP contribution in [0.2, 0.25) is 0 Å². The second-order valence-electron chi connectivity index (χ2n) is 6.41. The van der Waals surface area contributed by atoms with Gasteiger partial charge >= 0.3 is 0 Å². The molecule has 3 heterocycles. The third kappa shape index (κ3) is 3.72. The fraction of sp³-hybridized carbons (Fsp3) is 0.182. The summed E-state index contributed by atoms with van der Waals surface area (Å²) >= 11 is 5.13. The second-order valence-corrected chi connectivity index (χ2v) is 9.66. The van der Waals surface area contributed by atoms with Crippen LogP contribution in [0.3, 0.4) is 0 Å². The van der Waals surface area contributed by atoms with Crippen molar-refractivity contribution in [3.05, 3.63) is 54.1 Å². The van der Waals surface area contributed by atoms with Gasteiger partial charge in [0, 0.05) is 17.0 Å². The number of pyridine rings is 1. The molecule has 2 N–H and O–H groups in total. The van der Waals surface area contributed by atoms with Gasteiger partial charge in [-0.05, 0) is 41.0 Å². The Hall–Kier alpha value is -2.15. The molecule has 0 saturated heterocycles. The number of benzene rings is 1. The average Bonchev–Trinajstić information content (AvgIpc) is 3.36. The van der Waals surface area contributed by atoms with E-state index in [1.165, 1.54) is 12.8 Å². The lowest BCUT2D eigenvalue weighted by Gasteiger charge is -2.08. The number of hydrogen-bond acceptors (Lipinski definition) is 6. The second kappa shape index (κ2) is 8.47. The van der Waals surface area contributed by atoms with Crippen LogP contribution in [0.25, 0.3) is 38.1 Å². The molecule has 0 amide bonds.